The molecule has 0 saturated carbocycles. The summed E-state index contributed by atoms with van der Waals surface area (Å²) in [5, 5.41) is 2.45. The second-order valence-corrected chi connectivity index (χ2v) is 10.6. The largest absolute Gasteiger partial charge is 0.356 e. The molecule has 1 aromatic heterocycles. The van der Waals surface area contributed by atoms with Crippen molar-refractivity contribution in [3.8, 4) is 11.1 Å². The lowest BCUT2D eigenvalue weighted by molar-refractivity contribution is 0.0648. The van der Waals surface area contributed by atoms with Gasteiger partial charge in [-0.2, -0.15) is 4.98 Å². The van der Waals surface area contributed by atoms with Crippen LogP contribution in [0.1, 0.15) is 45.4 Å². The predicted molar refractivity (Wildman–Crippen MR) is 144 cm³/mol. The third kappa shape index (κ3) is 6.13. The van der Waals surface area contributed by atoms with Crippen LogP contribution in [-0.2, 0) is 4.74 Å². The van der Waals surface area contributed by atoms with Gasteiger partial charge in [0.25, 0.3) is 0 Å². The number of allylic oxidation sites excluding steroid dienone is 1. The van der Waals surface area contributed by atoms with E-state index in [1.807, 2.05) is 19.1 Å². The molecule has 0 amide bonds. The summed E-state index contributed by atoms with van der Waals surface area (Å²) in [6.07, 6.45) is 13.7. The minimum atomic E-state index is -0.874. The Morgan fingerprint density at radius 3 is 2.57 bits per heavy atom. The first kappa shape index (κ1) is 26.1. The highest BCUT2D eigenvalue weighted by Gasteiger charge is 2.28. The van der Waals surface area contributed by atoms with Crippen LogP contribution in [0.2, 0.25) is 0 Å². The first-order valence-electron chi connectivity index (χ1n) is 13.2. The summed E-state index contributed by atoms with van der Waals surface area (Å²) >= 11 is 6.50. The van der Waals surface area contributed by atoms with Crippen LogP contribution in [0.15, 0.2) is 48.3 Å². The maximum Gasteiger partial charge on any atom is 0.227 e. The highest BCUT2D eigenvalue weighted by molar-refractivity contribution is 6.24. The van der Waals surface area contributed by atoms with Crippen molar-refractivity contribution in [2.45, 2.75) is 56.6 Å². The zero-order valence-corrected chi connectivity index (χ0v) is 22.0. The van der Waals surface area contributed by atoms with Gasteiger partial charge in [0.05, 0.1) is 0 Å². The summed E-state index contributed by atoms with van der Waals surface area (Å²) in [6.45, 7) is 6.54. The maximum absolute atomic E-state index is 14.8. The van der Waals surface area contributed by atoms with Crippen LogP contribution in [0, 0.1) is 11.6 Å². The SMILES string of the molecule is CCOC1(Cl)C=CC(Nc2nc(N3CCC(N4CCCCC4)CC3)ncc2-c2ccc(F)cc2F)=CC1. The Bertz CT molecular complexity index is 1160. The van der Waals surface area contributed by atoms with Crippen molar-refractivity contribution in [3.63, 3.8) is 0 Å². The molecule has 1 aliphatic carbocycles. The van der Waals surface area contributed by atoms with Crippen molar-refractivity contribution >= 4 is 23.4 Å². The van der Waals surface area contributed by atoms with Gasteiger partial charge in [-0.3, -0.25) is 0 Å². The fourth-order valence-corrected chi connectivity index (χ4v) is 5.66. The number of nitrogens with zero attached hydrogens (tertiary/aromatic N) is 4. The Morgan fingerprint density at radius 1 is 1.11 bits per heavy atom. The molecular formula is C28H34ClF2N5O. The van der Waals surface area contributed by atoms with Gasteiger partial charge in [0.15, 0.2) is 5.06 Å². The van der Waals surface area contributed by atoms with Crippen LogP contribution >= 0.6 is 11.6 Å². The zero-order chi connectivity index (χ0) is 25.8. The van der Waals surface area contributed by atoms with E-state index in [2.05, 4.69) is 20.1 Å². The van der Waals surface area contributed by atoms with Gasteiger partial charge >= 0.3 is 0 Å². The first-order valence-corrected chi connectivity index (χ1v) is 13.6. The molecule has 2 aliphatic heterocycles. The summed E-state index contributed by atoms with van der Waals surface area (Å²) in [7, 11) is 0. The van der Waals surface area contributed by atoms with Crippen molar-refractivity contribution in [3.05, 3.63) is 60.0 Å². The minimum Gasteiger partial charge on any atom is -0.356 e. The van der Waals surface area contributed by atoms with Crippen molar-refractivity contribution < 1.29 is 13.5 Å². The van der Waals surface area contributed by atoms with Gasteiger partial charge in [-0.25, -0.2) is 13.8 Å². The van der Waals surface area contributed by atoms with E-state index in [0.717, 1.165) is 37.7 Å². The molecule has 3 aliphatic rings. The van der Waals surface area contributed by atoms with Crippen LogP contribution < -0.4 is 10.2 Å². The standard InChI is InChI=1S/C28H34ClF2N5O/c1-2-37-28(29)12-8-21(9-13-28)33-26-24(23-7-6-20(30)18-25(23)31)19-32-27(34-26)36-16-10-22(11-17-36)35-14-4-3-5-15-35/h6-9,12,18-19,22H,2-5,10-11,13-17H2,1H3,(H,32,33,34). The van der Waals surface area contributed by atoms with Crippen LogP contribution in [0.5, 0.6) is 0 Å². The molecule has 37 heavy (non-hydrogen) atoms. The van der Waals surface area contributed by atoms with Crippen molar-refractivity contribution in [2.75, 3.05) is 43.0 Å². The Labute approximate surface area is 222 Å². The Balaban J connectivity index is 1.38. The molecule has 0 radical (unpaired) electrons. The highest BCUT2D eigenvalue weighted by atomic mass is 35.5. The number of anilines is 2. The average molecular weight is 530 g/mol. The number of ether oxygens (including phenoxy) is 1. The van der Waals surface area contributed by atoms with Crippen molar-refractivity contribution in [1.82, 2.24) is 14.9 Å². The molecule has 1 aromatic carbocycles. The van der Waals surface area contributed by atoms with Crippen LogP contribution in [0.25, 0.3) is 11.1 Å². The van der Waals surface area contributed by atoms with E-state index in [4.69, 9.17) is 21.3 Å². The third-order valence-electron chi connectivity index (χ3n) is 7.41. The van der Waals surface area contributed by atoms with E-state index in [9.17, 15) is 8.78 Å². The predicted octanol–water partition coefficient (Wildman–Crippen LogP) is 6.10. The van der Waals surface area contributed by atoms with E-state index in [0.29, 0.717) is 36.4 Å². The molecule has 1 unspecified atom stereocenters. The average Bonchev–Trinajstić information content (AvgIpc) is 2.91. The number of hydrogen-bond acceptors (Lipinski definition) is 6. The number of piperidine rings is 2. The molecule has 0 spiro atoms. The quantitative estimate of drug-likeness (QED) is 0.437. The molecule has 2 fully saturated rings. The van der Waals surface area contributed by atoms with Crippen LogP contribution in [0.3, 0.4) is 0 Å². The molecule has 5 rings (SSSR count). The minimum absolute atomic E-state index is 0.237. The third-order valence-corrected chi connectivity index (χ3v) is 7.80. The summed E-state index contributed by atoms with van der Waals surface area (Å²) in [6, 6.07) is 4.15. The van der Waals surface area contributed by atoms with Gasteiger partial charge in [0.2, 0.25) is 5.95 Å². The van der Waals surface area contributed by atoms with Gasteiger partial charge in [0.1, 0.15) is 17.5 Å². The number of rotatable bonds is 7. The number of nitrogens with one attached hydrogen (secondary N) is 1. The Morgan fingerprint density at radius 2 is 1.89 bits per heavy atom. The lowest BCUT2D eigenvalue weighted by Gasteiger charge is -2.40. The smallest absolute Gasteiger partial charge is 0.227 e. The molecule has 2 aromatic rings. The molecule has 3 heterocycles. The molecule has 1 N–H and O–H groups in total. The molecule has 6 nitrogen and oxygen atoms in total. The van der Waals surface area contributed by atoms with Crippen LogP contribution in [-0.4, -0.2) is 58.8 Å². The molecule has 0 bridgehead atoms. The Hall–Kier alpha value is -2.55. The van der Waals surface area contributed by atoms with Gasteiger partial charge in [0, 0.05) is 61.2 Å². The van der Waals surface area contributed by atoms with Gasteiger partial charge < -0.3 is 19.9 Å². The molecule has 198 valence electrons. The van der Waals surface area contributed by atoms with Gasteiger partial charge in [-0.15, -0.1) is 0 Å². The van der Waals surface area contributed by atoms with Gasteiger partial charge in [-0.05, 0) is 70.0 Å². The van der Waals surface area contributed by atoms with E-state index in [-0.39, 0.29) is 5.56 Å². The first-order chi connectivity index (χ1) is 17.9. The molecule has 1 atom stereocenters. The zero-order valence-electron chi connectivity index (χ0n) is 21.2. The fraction of sp³-hybridized carbons (Fsp3) is 0.500. The highest BCUT2D eigenvalue weighted by Crippen LogP contribution is 2.34. The summed E-state index contributed by atoms with van der Waals surface area (Å²) in [5.74, 6) is -0.224. The van der Waals surface area contributed by atoms with E-state index >= 15 is 0 Å². The number of benzene rings is 1. The monoisotopic (exact) mass is 529 g/mol. The number of aromatic nitrogens is 2. The molecule has 9 heteroatoms. The fourth-order valence-electron chi connectivity index (χ4n) is 5.42. The van der Waals surface area contributed by atoms with Crippen molar-refractivity contribution in [2.24, 2.45) is 0 Å². The molecule has 2 saturated heterocycles. The normalized spacial score (nSPS) is 23.2. The van der Waals surface area contributed by atoms with Crippen LogP contribution in [0.4, 0.5) is 20.5 Å². The van der Waals surface area contributed by atoms with E-state index in [1.165, 1.54) is 44.5 Å². The maximum atomic E-state index is 14.8. The summed E-state index contributed by atoms with van der Waals surface area (Å²) < 4.78 is 34.0. The van der Waals surface area contributed by atoms with E-state index < -0.39 is 16.7 Å². The van der Waals surface area contributed by atoms with Crippen molar-refractivity contribution in [1.29, 1.82) is 0 Å². The Kier molecular flexibility index (Phi) is 8.07. The van der Waals surface area contributed by atoms with Gasteiger partial charge in [-0.1, -0.05) is 24.1 Å². The van der Waals surface area contributed by atoms with E-state index in [1.54, 1.807) is 12.3 Å². The lowest BCUT2D eigenvalue weighted by Crippen LogP contribution is -2.47. The lowest BCUT2D eigenvalue weighted by atomic mass is 10.00. The second-order valence-electron chi connectivity index (χ2n) is 9.91. The number of halogens is 3. The number of alkyl halides is 1. The summed E-state index contributed by atoms with van der Waals surface area (Å²) in [5.41, 5.74) is 1.47. The number of hydrogen-bond donors (Lipinski definition) is 1. The molecular weight excluding hydrogens is 496 g/mol. The summed E-state index contributed by atoms with van der Waals surface area (Å²) in [4.78, 5) is 14.3. The second kappa shape index (κ2) is 11.5. The number of likely N-dealkylation sites (tertiary alicyclic amines) is 1. The topological polar surface area (TPSA) is 53.5 Å².